The summed E-state index contributed by atoms with van der Waals surface area (Å²) < 4.78 is 69.4. The quantitative estimate of drug-likeness (QED) is 0.183. The Bertz CT molecular complexity index is 1870. The molecule has 0 radical (unpaired) electrons. The summed E-state index contributed by atoms with van der Waals surface area (Å²) in [6.07, 6.45) is 0.182. The number of benzene rings is 3. The Morgan fingerprint density at radius 1 is 0.952 bits per heavy atom. The van der Waals surface area contributed by atoms with E-state index in [-0.39, 0.29) is 35.6 Å². The fourth-order valence-corrected chi connectivity index (χ4v) is 7.53. The summed E-state index contributed by atoms with van der Waals surface area (Å²) in [6.45, 7) is -0.249. The maximum absolute atomic E-state index is 13.8. The second-order valence-electron chi connectivity index (χ2n) is 9.13. The molecule has 0 fully saturated rings. The number of nitrogens with two attached hydrogens (primary N) is 1. The van der Waals surface area contributed by atoms with Crippen molar-refractivity contribution in [2.24, 2.45) is 5.14 Å². The smallest absolute Gasteiger partial charge is 0.274 e. The molecule has 0 amide bonds. The minimum Gasteiger partial charge on any atom is -0.497 e. The molecule has 0 aliphatic rings. The second kappa shape index (κ2) is 12.5. The minimum absolute atomic E-state index is 0.144. The summed E-state index contributed by atoms with van der Waals surface area (Å²) in [6, 6.07) is 22.5. The third-order valence-electron chi connectivity index (χ3n) is 6.13. The van der Waals surface area contributed by atoms with Crippen LogP contribution < -0.4 is 19.3 Å². The zero-order valence-corrected chi connectivity index (χ0v) is 24.8. The van der Waals surface area contributed by atoms with E-state index in [1.165, 1.54) is 11.3 Å². The van der Waals surface area contributed by atoms with Gasteiger partial charge in [-0.1, -0.05) is 36.4 Å². The highest BCUT2D eigenvalue weighted by Crippen LogP contribution is 2.37. The van der Waals surface area contributed by atoms with Crippen LogP contribution in [0.4, 0.5) is 0 Å². The van der Waals surface area contributed by atoms with Gasteiger partial charge in [0.1, 0.15) is 16.5 Å². The Labute approximate surface area is 246 Å². The molecular formula is C27H27N5O7S3. The molecule has 1 atom stereocenters. The van der Waals surface area contributed by atoms with Crippen molar-refractivity contribution in [3.63, 3.8) is 0 Å². The normalized spacial score (nSPS) is 12.8. The highest BCUT2D eigenvalue weighted by atomic mass is 32.2. The Kier molecular flexibility index (Phi) is 8.84. The van der Waals surface area contributed by atoms with Gasteiger partial charge in [-0.3, -0.25) is 0 Å². The molecule has 5 aromatic rings. The standard InChI is InChI=1S/C27H27N5O7S3/c1-37-20-9-11-21(12-10-20)38-14-5-15-41(33,34)25(26-32-31-24(39-26)17-29-42(28,35)36)27-30-22-13-8-19(16-23(22)40-27)18-6-3-2-4-7-18/h2-4,6-13,16,25,29H,5,14-15,17H2,1H3,(H2,28,35,36). The van der Waals surface area contributed by atoms with Crippen LogP contribution in [0.1, 0.15) is 28.5 Å². The molecule has 15 heteroatoms. The number of aromatic nitrogens is 3. The molecule has 0 bridgehead atoms. The van der Waals surface area contributed by atoms with Crippen molar-refractivity contribution < 1.29 is 30.7 Å². The molecule has 0 spiro atoms. The van der Waals surface area contributed by atoms with Gasteiger partial charge in [0.2, 0.25) is 11.8 Å². The van der Waals surface area contributed by atoms with Gasteiger partial charge in [-0.25, -0.2) is 18.5 Å². The van der Waals surface area contributed by atoms with Crippen LogP contribution in [0, 0.1) is 0 Å². The summed E-state index contributed by atoms with van der Waals surface area (Å²) >= 11 is 1.21. The highest BCUT2D eigenvalue weighted by Gasteiger charge is 2.36. The summed E-state index contributed by atoms with van der Waals surface area (Å²) in [5.74, 6) is 0.632. The molecule has 0 saturated carbocycles. The van der Waals surface area contributed by atoms with E-state index < -0.39 is 31.8 Å². The molecule has 220 valence electrons. The van der Waals surface area contributed by atoms with Gasteiger partial charge in [0.05, 0.1) is 36.2 Å². The number of methoxy groups -OCH3 is 1. The number of ether oxygens (including phenoxy) is 2. The van der Waals surface area contributed by atoms with E-state index >= 15 is 0 Å². The number of sulfone groups is 1. The van der Waals surface area contributed by atoms with E-state index in [0.717, 1.165) is 15.8 Å². The summed E-state index contributed by atoms with van der Waals surface area (Å²) in [7, 11) is -6.41. The van der Waals surface area contributed by atoms with Crippen molar-refractivity contribution in [3.8, 4) is 22.6 Å². The molecule has 42 heavy (non-hydrogen) atoms. The van der Waals surface area contributed by atoms with Crippen LogP contribution in [0.3, 0.4) is 0 Å². The van der Waals surface area contributed by atoms with Crippen molar-refractivity contribution in [1.29, 1.82) is 0 Å². The van der Waals surface area contributed by atoms with Gasteiger partial charge in [0, 0.05) is 0 Å². The van der Waals surface area contributed by atoms with Crippen molar-refractivity contribution >= 4 is 41.6 Å². The Hall–Kier alpha value is -3.89. The van der Waals surface area contributed by atoms with Crippen LogP contribution in [0.15, 0.2) is 77.2 Å². The molecule has 5 rings (SSSR count). The summed E-state index contributed by atoms with van der Waals surface area (Å²) in [5.41, 5.74) is 2.59. The topological polar surface area (TPSA) is 177 Å². The number of thiazole rings is 1. The van der Waals surface area contributed by atoms with Gasteiger partial charge in [0.15, 0.2) is 15.1 Å². The first-order chi connectivity index (χ1) is 20.1. The maximum Gasteiger partial charge on any atom is 0.274 e. The van der Waals surface area contributed by atoms with E-state index in [9.17, 15) is 16.8 Å². The largest absolute Gasteiger partial charge is 0.497 e. The Morgan fingerprint density at radius 2 is 1.69 bits per heavy atom. The first-order valence-electron chi connectivity index (χ1n) is 12.7. The predicted octanol–water partition coefficient (Wildman–Crippen LogP) is 3.62. The molecule has 0 aliphatic heterocycles. The average molecular weight is 630 g/mol. The molecule has 3 N–H and O–H groups in total. The zero-order chi connectivity index (χ0) is 29.7. The van der Waals surface area contributed by atoms with Crippen molar-refractivity contribution in [2.45, 2.75) is 18.2 Å². The maximum atomic E-state index is 13.8. The van der Waals surface area contributed by atoms with Crippen LogP contribution in [0.25, 0.3) is 21.3 Å². The van der Waals surface area contributed by atoms with E-state index in [0.29, 0.717) is 17.0 Å². The van der Waals surface area contributed by atoms with E-state index in [1.807, 2.05) is 53.3 Å². The van der Waals surface area contributed by atoms with Crippen LogP contribution in [0.5, 0.6) is 11.5 Å². The van der Waals surface area contributed by atoms with E-state index in [2.05, 4.69) is 15.2 Å². The van der Waals surface area contributed by atoms with Gasteiger partial charge in [-0.15, -0.1) is 21.5 Å². The third kappa shape index (κ3) is 7.30. The number of nitrogens with one attached hydrogen (secondary N) is 1. The van der Waals surface area contributed by atoms with Gasteiger partial charge in [0.25, 0.3) is 10.2 Å². The molecule has 12 nitrogen and oxygen atoms in total. The second-order valence-corrected chi connectivity index (χ2v) is 13.8. The van der Waals surface area contributed by atoms with Gasteiger partial charge >= 0.3 is 0 Å². The predicted molar refractivity (Wildman–Crippen MR) is 158 cm³/mol. The molecule has 2 heterocycles. The van der Waals surface area contributed by atoms with Gasteiger partial charge < -0.3 is 13.9 Å². The van der Waals surface area contributed by atoms with Crippen LogP contribution in [-0.2, 0) is 26.6 Å². The molecule has 2 aromatic heterocycles. The molecule has 3 aromatic carbocycles. The van der Waals surface area contributed by atoms with E-state index in [4.69, 9.17) is 19.0 Å². The monoisotopic (exact) mass is 629 g/mol. The van der Waals surface area contributed by atoms with Gasteiger partial charge in [-0.2, -0.15) is 13.1 Å². The SMILES string of the molecule is COc1ccc(OCCCS(=O)(=O)C(c2nnc(CNS(N)(=O)=O)o2)c2nc3ccc(-c4ccccc4)cc3s2)cc1. The number of hydrogen-bond donors (Lipinski definition) is 2. The average Bonchev–Trinajstić information content (AvgIpc) is 3.61. The lowest BCUT2D eigenvalue weighted by molar-refractivity contribution is 0.316. The van der Waals surface area contributed by atoms with Crippen molar-refractivity contribution in [2.75, 3.05) is 19.5 Å². The number of rotatable bonds is 13. The lowest BCUT2D eigenvalue weighted by Crippen LogP contribution is -2.30. The van der Waals surface area contributed by atoms with Gasteiger partial charge in [-0.05, 0) is 53.9 Å². The fourth-order valence-electron chi connectivity index (χ4n) is 4.12. The Morgan fingerprint density at radius 3 is 2.40 bits per heavy atom. The highest BCUT2D eigenvalue weighted by molar-refractivity contribution is 7.92. The zero-order valence-electron chi connectivity index (χ0n) is 22.3. The van der Waals surface area contributed by atoms with Crippen LogP contribution in [-0.4, -0.2) is 51.5 Å². The molecule has 1 unspecified atom stereocenters. The minimum atomic E-state index is -4.03. The lowest BCUT2D eigenvalue weighted by Gasteiger charge is -2.12. The van der Waals surface area contributed by atoms with Crippen LogP contribution in [0.2, 0.25) is 0 Å². The summed E-state index contributed by atoms with van der Waals surface area (Å²) in [5, 5.41) is 11.6. The molecule has 0 saturated heterocycles. The van der Waals surface area contributed by atoms with Crippen molar-refractivity contribution in [1.82, 2.24) is 19.9 Å². The fraction of sp³-hybridized carbons (Fsp3) is 0.222. The molecule has 0 aliphatic carbocycles. The summed E-state index contributed by atoms with van der Waals surface area (Å²) in [4.78, 5) is 4.61. The first-order valence-corrected chi connectivity index (χ1v) is 16.7. The van der Waals surface area contributed by atoms with Crippen LogP contribution >= 0.6 is 11.3 Å². The first kappa shape index (κ1) is 29.6. The molecular weight excluding hydrogens is 603 g/mol. The third-order valence-corrected chi connectivity index (χ3v) is 9.91. The Balaban J connectivity index is 1.41. The van der Waals surface area contributed by atoms with E-state index in [1.54, 1.807) is 31.4 Å². The van der Waals surface area contributed by atoms with Crippen molar-refractivity contribution in [3.05, 3.63) is 89.6 Å². The number of nitrogens with zero attached hydrogens (tertiary/aromatic N) is 3. The lowest BCUT2D eigenvalue weighted by atomic mass is 10.1. The number of fused-ring (bicyclic) bond motifs is 1. The number of hydrogen-bond acceptors (Lipinski definition) is 11.